The molecule has 0 spiro atoms. The van der Waals surface area contributed by atoms with Crippen molar-refractivity contribution < 1.29 is 93.2 Å². The van der Waals surface area contributed by atoms with Gasteiger partial charge in [0.05, 0.1) is 44.3 Å². The zero-order valence-electron chi connectivity index (χ0n) is 46.1. The second-order valence-corrected chi connectivity index (χ2v) is 33.8. The van der Waals surface area contributed by atoms with Gasteiger partial charge in [0.15, 0.2) is 0 Å². The van der Waals surface area contributed by atoms with Gasteiger partial charge < -0.3 is 51.1 Å². The van der Waals surface area contributed by atoms with Crippen molar-refractivity contribution in [2.24, 2.45) is 0 Å². The number of hydrogen-bond acceptors (Lipinski definition) is 20. The van der Waals surface area contributed by atoms with Crippen LogP contribution < -0.4 is 0 Å². The summed E-state index contributed by atoms with van der Waals surface area (Å²) in [4.78, 5) is -0.225. The van der Waals surface area contributed by atoms with Crippen LogP contribution in [0.4, 0.5) is 0 Å². The summed E-state index contributed by atoms with van der Waals surface area (Å²) < 4.78 is 125. The molecule has 93 heavy (non-hydrogen) atoms. The van der Waals surface area contributed by atoms with E-state index in [0.29, 0.717) is 0 Å². The number of rotatable bonds is 10. The van der Waals surface area contributed by atoms with Crippen LogP contribution >= 0.6 is 119 Å². The normalized spacial score (nSPS) is 11.4. The van der Waals surface area contributed by atoms with E-state index in [1.165, 1.54) is 176 Å². The van der Waals surface area contributed by atoms with Crippen LogP contribution in [0, 0.1) is 0 Å². The Morgan fingerprint density at radius 1 is 0.237 bits per heavy atom. The molecule has 10 aromatic rings. The van der Waals surface area contributed by atoms with Crippen molar-refractivity contribution in [2.75, 3.05) is 0 Å². The van der Waals surface area contributed by atoms with E-state index in [4.69, 9.17) is 38.5 Å². The Morgan fingerprint density at radius 3 is 0.796 bits per heavy atom. The molecule has 0 saturated heterocycles. The molecule has 0 aliphatic carbocycles. The average molecular weight is 1790 g/mol. The van der Waals surface area contributed by atoms with Crippen LogP contribution in [0.1, 0.15) is 0 Å². The van der Waals surface area contributed by atoms with Crippen molar-refractivity contribution >= 4 is 168 Å². The van der Waals surface area contributed by atoms with Gasteiger partial charge in [-0.2, -0.15) is 0 Å². The van der Waals surface area contributed by atoms with Gasteiger partial charge in [0.1, 0.15) is 72.2 Å². The number of phenolic OH excluding ortho intramolecular Hbond substituents is 10. The third-order valence-electron chi connectivity index (χ3n) is 11.9. The quantitative estimate of drug-likeness (QED) is 0.0608. The zero-order chi connectivity index (χ0) is 69.3. The molecular formula is C60H42Br6Cl2O20S5. The molecule has 10 N–H and O–H groups in total. The summed E-state index contributed by atoms with van der Waals surface area (Å²) in [6, 6.07) is 41.5. The number of hydrogen-bond donors (Lipinski definition) is 10. The van der Waals surface area contributed by atoms with Crippen LogP contribution in [0.15, 0.2) is 270 Å². The lowest BCUT2D eigenvalue weighted by Gasteiger charge is -2.13. The predicted molar refractivity (Wildman–Crippen MR) is 365 cm³/mol. The van der Waals surface area contributed by atoms with E-state index in [1.54, 1.807) is 6.07 Å². The minimum Gasteiger partial charge on any atom is -0.508 e. The molecule has 0 atom stereocenters. The van der Waals surface area contributed by atoms with Crippen LogP contribution in [-0.2, 0) is 49.2 Å². The van der Waals surface area contributed by atoms with E-state index < -0.39 is 49.2 Å². The first-order chi connectivity index (χ1) is 43.3. The average Bonchev–Trinajstić information content (AvgIpc) is 0.783. The number of halogens is 8. The zero-order valence-corrected chi connectivity index (χ0v) is 61.2. The van der Waals surface area contributed by atoms with Gasteiger partial charge in [0.25, 0.3) is 0 Å². The van der Waals surface area contributed by atoms with Crippen molar-refractivity contribution in [3.63, 3.8) is 0 Å². The fourth-order valence-corrected chi connectivity index (χ4v) is 22.3. The fraction of sp³-hybridized carbons (Fsp3) is 0. The van der Waals surface area contributed by atoms with E-state index >= 15 is 0 Å². The first kappa shape index (κ1) is 75.4. The van der Waals surface area contributed by atoms with E-state index in [-0.39, 0.29) is 143 Å². The summed E-state index contributed by atoms with van der Waals surface area (Å²) in [6.45, 7) is 0. The fourth-order valence-electron chi connectivity index (χ4n) is 7.60. The smallest absolute Gasteiger partial charge is 0.211 e. The highest BCUT2D eigenvalue weighted by atomic mass is 79.9. The molecular weight excluding hydrogens is 1750 g/mol. The van der Waals surface area contributed by atoms with Crippen LogP contribution in [0.5, 0.6) is 57.5 Å². The Morgan fingerprint density at radius 2 is 0.495 bits per heavy atom. The molecule has 0 fully saturated rings. The maximum atomic E-state index is 12.9. The number of sulfone groups is 5. The first-order valence-corrected chi connectivity index (χ1v) is 37.9. The largest absolute Gasteiger partial charge is 0.508 e. The molecule has 0 aliphatic rings. The third-order valence-corrected chi connectivity index (χ3v) is 27.5. The summed E-state index contributed by atoms with van der Waals surface area (Å²) in [5, 5.41) is 92.7. The van der Waals surface area contributed by atoms with E-state index in [1.807, 2.05) is 0 Å². The van der Waals surface area contributed by atoms with Gasteiger partial charge >= 0.3 is 0 Å². The summed E-state index contributed by atoms with van der Waals surface area (Å²) in [5.74, 6) is -0.771. The number of para-hydroxylation sites is 1. The second-order valence-electron chi connectivity index (χ2n) is 18.4. The lowest BCUT2D eigenvalue weighted by Crippen LogP contribution is -2.06. The molecule has 10 rings (SSSR count). The molecule has 0 aromatic heterocycles. The molecule has 0 heterocycles. The highest BCUT2D eigenvalue weighted by molar-refractivity contribution is 9.11. The molecule has 0 aliphatic heterocycles. The maximum absolute atomic E-state index is 12.9. The second kappa shape index (κ2) is 31.3. The van der Waals surface area contributed by atoms with Crippen LogP contribution in [0.2, 0.25) is 10.0 Å². The molecule has 33 heteroatoms. The Bertz CT molecular complexity index is 4630. The van der Waals surface area contributed by atoms with Crippen molar-refractivity contribution in [3.8, 4) is 57.5 Å². The van der Waals surface area contributed by atoms with Crippen LogP contribution in [-0.4, -0.2) is 93.2 Å². The molecule has 0 amide bonds. The highest BCUT2D eigenvalue weighted by Crippen LogP contribution is 2.44. The van der Waals surface area contributed by atoms with E-state index in [2.05, 4.69) is 95.6 Å². The molecule has 488 valence electrons. The highest BCUT2D eigenvalue weighted by Gasteiger charge is 2.30. The van der Waals surface area contributed by atoms with E-state index in [0.717, 1.165) is 12.1 Å². The Balaban J connectivity index is 0.000000185. The molecule has 10 aromatic carbocycles. The topological polar surface area (TPSA) is 373 Å². The maximum Gasteiger partial charge on any atom is 0.211 e. The van der Waals surface area contributed by atoms with Gasteiger partial charge in [-0.3, -0.25) is 0 Å². The molecule has 20 nitrogen and oxygen atoms in total. The van der Waals surface area contributed by atoms with Crippen LogP contribution in [0.25, 0.3) is 0 Å². The predicted octanol–water partition coefficient (Wildman–Crippen LogP) is 15.5. The standard InChI is InChI=1S/C12H6Br4O4S.C12H8Br2O4S.C12H8Cl2O4S.2C12H10O4S/c13-7-1-5(17)2-8(14)11(7)21(19,20)12-9(15)3-6(18)4-10(12)16;2*13-9-5-7(15)1-3-11(9)19(17,18)12-4-2-8(16)6-10(12)14;13-9-1-5-11(6-2-9)17(15,16)12-7-3-10(14)4-8-12;13-9-5-7-10(8-6-9)17(15,16)12-4-2-1-3-11(12)14/h1-4,17-18H;2*1-6,15-16H;2*1-8,13-14H. The van der Waals surface area contributed by atoms with Gasteiger partial charge in [-0.25, -0.2) is 42.1 Å². The minimum absolute atomic E-state index is 0.00894. The molecule has 0 bridgehead atoms. The monoisotopic (exact) mass is 1790 g/mol. The number of aromatic hydroxyl groups is 10. The molecule has 0 saturated carbocycles. The van der Waals surface area contributed by atoms with Gasteiger partial charge in [-0.05, 0) is 278 Å². The van der Waals surface area contributed by atoms with Crippen LogP contribution in [0.3, 0.4) is 0 Å². The lowest BCUT2D eigenvalue weighted by molar-refractivity contribution is 0.458. The van der Waals surface area contributed by atoms with Crippen molar-refractivity contribution in [3.05, 3.63) is 231 Å². The Labute approximate surface area is 592 Å². The third kappa shape index (κ3) is 18.7. The minimum atomic E-state index is -3.92. The Hall–Kier alpha value is -6.59. The van der Waals surface area contributed by atoms with Gasteiger partial charge in [0.2, 0.25) is 49.2 Å². The van der Waals surface area contributed by atoms with E-state index in [9.17, 15) is 77.8 Å². The number of phenols is 10. The van der Waals surface area contributed by atoms with Gasteiger partial charge in [-0.1, -0.05) is 35.3 Å². The molecule has 0 unspecified atom stereocenters. The first-order valence-electron chi connectivity index (χ1n) is 25.0. The summed E-state index contributed by atoms with van der Waals surface area (Å²) in [5.41, 5.74) is 0. The Kier molecular flexibility index (Phi) is 25.4. The SMILES string of the molecule is O=S(=O)(c1c(Br)cc(O)cc1Br)c1c(Br)cc(O)cc1Br.O=S(=O)(c1ccc(O)cc1)c1ccc(O)cc1.O=S(=O)(c1ccc(O)cc1)c1ccccc1O.O=S(=O)(c1ccc(O)cc1Br)c1ccc(O)cc1Br.O=S(=O)(c1ccc(O)cc1Cl)c1ccc(O)cc1Cl. The summed E-state index contributed by atoms with van der Waals surface area (Å²) >= 11 is 30.4. The van der Waals surface area contributed by atoms with Crippen molar-refractivity contribution in [2.45, 2.75) is 49.0 Å². The summed E-state index contributed by atoms with van der Waals surface area (Å²) in [7, 11) is -18.9. The lowest BCUT2D eigenvalue weighted by atomic mass is 10.3. The van der Waals surface area contributed by atoms with Crippen molar-refractivity contribution in [1.29, 1.82) is 0 Å². The van der Waals surface area contributed by atoms with Crippen molar-refractivity contribution in [1.82, 2.24) is 0 Å². The molecule has 0 radical (unpaired) electrons. The summed E-state index contributed by atoms with van der Waals surface area (Å²) in [6.07, 6.45) is 0. The number of benzene rings is 10. The van der Waals surface area contributed by atoms with Gasteiger partial charge in [-0.15, -0.1) is 0 Å². The van der Waals surface area contributed by atoms with Gasteiger partial charge in [0, 0.05) is 26.8 Å².